The van der Waals surface area contributed by atoms with Crippen molar-refractivity contribution in [3.8, 4) is 0 Å². The van der Waals surface area contributed by atoms with Crippen molar-refractivity contribution in [2.75, 3.05) is 0 Å². The first-order valence-corrected chi connectivity index (χ1v) is 6.28. The lowest BCUT2D eigenvalue weighted by Crippen LogP contribution is -2.04. The van der Waals surface area contributed by atoms with Crippen LogP contribution in [0.25, 0.3) is 0 Å². The van der Waals surface area contributed by atoms with Crippen LogP contribution in [-0.2, 0) is 6.42 Å². The van der Waals surface area contributed by atoms with Gasteiger partial charge in [-0.15, -0.1) is 11.3 Å². The maximum atomic E-state index is 12.3. The van der Waals surface area contributed by atoms with E-state index in [0.29, 0.717) is 0 Å². The fourth-order valence-corrected chi connectivity index (χ4v) is 2.66. The van der Waals surface area contributed by atoms with Gasteiger partial charge in [-0.2, -0.15) is 0 Å². The second-order valence-electron chi connectivity index (χ2n) is 3.77. The zero-order valence-corrected chi connectivity index (χ0v) is 10.3. The second kappa shape index (κ2) is 4.62. The number of carbonyl (C=O) groups is 1. The third kappa shape index (κ3) is 1.93. The zero-order valence-electron chi connectivity index (χ0n) is 9.49. The van der Waals surface area contributed by atoms with Crippen molar-refractivity contribution < 1.29 is 4.79 Å². The molecule has 82 valence electrons. The molecular weight excluding hydrogens is 216 g/mol. The first kappa shape index (κ1) is 11.1. The average molecular weight is 230 g/mol. The highest BCUT2D eigenvalue weighted by molar-refractivity contribution is 7.12. The van der Waals surface area contributed by atoms with Crippen molar-refractivity contribution in [1.29, 1.82) is 0 Å². The third-order valence-corrected chi connectivity index (χ3v) is 3.73. The van der Waals surface area contributed by atoms with Gasteiger partial charge in [-0.05, 0) is 35.9 Å². The number of hydrogen-bond donors (Lipinski definition) is 0. The fraction of sp³-hybridized carbons (Fsp3) is 0.214. The number of hydrogen-bond acceptors (Lipinski definition) is 2. The molecule has 0 aliphatic heterocycles. The van der Waals surface area contributed by atoms with Crippen LogP contribution in [0.4, 0.5) is 0 Å². The Labute approximate surface area is 99.8 Å². The van der Waals surface area contributed by atoms with Crippen molar-refractivity contribution in [2.24, 2.45) is 0 Å². The Morgan fingerprint density at radius 2 is 2.00 bits per heavy atom. The van der Waals surface area contributed by atoms with Crippen LogP contribution in [-0.4, -0.2) is 5.78 Å². The van der Waals surface area contributed by atoms with E-state index >= 15 is 0 Å². The molecular formula is C14H14OS. The highest BCUT2D eigenvalue weighted by Gasteiger charge is 2.15. The minimum Gasteiger partial charge on any atom is -0.288 e. The Morgan fingerprint density at radius 1 is 1.25 bits per heavy atom. The van der Waals surface area contributed by atoms with Gasteiger partial charge >= 0.3 is 0 Å². The van der Waals surface area contributed by atoms with Crippen LogP contribution in [0.1, 0.15) is 33.3 Å². The highest BCUT2D eigenvalue weighted by Crippen LogP contribution is 2.22. The molecule has 0 spiro atoms. The molecule has 2 rings (SSSR count). The van der Waals surface area contributed by atoms with Crippen molar-refractivity contribution in [3.63, 3.8) is 0 Å². The van der Waals surface area contributed by atoms with E-state index in [1.54, 1.807) is 0 Å². The summed E-state index contributed by atoms with van der Waals surface area (Å²) in [4.78, 5) is 13.2. The summed E-state index contributed by atoms with van der Waals surface area (Å²) >= 11 is 1.52. The summed E-state index contributed by atoms with van der Waals surface area (Å²) in [6.45, 7) is 4.06. The fourth-order valence-electron chi connectivity index (χ4n) is 1.78. The largest absolute Gasteiger partial charge is 0.288 e. The van der Waals surface area contributed by atoms with Gasteiger partial charge in [-0.25, -0.2) is 0 Å². The van der Waals surface area contributed by atoms with E-state index in [0.717, 1.165) is 28.0 Å². The van der Waals surface area contributed by atoms with Crippen LogP contribution in [0.3, 0.4) is 0 Å². The molecule has 16 heavy (non-hydrogen) atoms. The molecule has 0 aliphatic carbocycles. The third-order valence-electron chi connectivity index (χ3n) is 2.71. The van der Waals surface area contributed by atoms with Gasteiger partial charge in [-0.3, -0.25) is 4.79 Å². The van der Waals surface area contributed by atoms with Gasteiger partial charge in [0, 0.05) is 5.56 Å². The number of rotatable bonds is 3. The van der Waals surface area contributed by atoms with E-state index in [-0.39, 0.29) is 5.78 Å². The molecule has 0 saturated heterocycles. The molecule has 0 saturated carbocycles. The molecule has 0 atom stereocenters. The molecule has 1 aromatic carbocycles. The van der Waals surface area contributed by atoms with Crippen molar-refractivity contribution in [1.82, 2.24) is 0 Å². The zero-order chi connectivity index (χ0) is 11.5. The monoisotopic (exact) mass is 230 g/mol. The normalized spacial score (nSPS) is 10.4. The quantitative estimate of drug-likeness (QED) is 0.732. The van der Waals surface area contributed by atoms with Crippen LogP contribution < -0.4 is 0 Å². The molecule has 0 aliphatic rings. The lowest BCUT2D eigenvalue weighted by molar-refractivity contribution is 0.104. The molecule has 0 unspecified atom stereocenters. The molecule has 2 heteroatoms. The number of benzene rings is 1. The average Bonchev–Trinajstić information content (AvgIpc) is 2.74. The maximum Gasteiger partial charge on any atom is 0.203 e. The van der Waals surface area contributed by atoms with Crippen molar-refractivity contribution in [2.45, 2.75) is 20.3 Å². The van der Waals surface area contributed by atoms with Crippen molar-refractivity contribution in [3.05, 3.63) is 57.3 Å². The summed E-state index contributed by atoms with van der Waals surface area (Å²) in [5.41, 5.74) is 3.04. The van der Waals surface area contributed by atoms with E-state index in [2.05, 4.69) is 6.92 Å². The van der Waals surface area contributed by atoms with Gasteiger partial charge in [0.1, 0.15) is 0 Å². The Morgan fingerprint density at radius 3 is 2.62 bits per heavy atom. The van der Waals surface area contributed by atoms with E-state index in [9.17, 15) is 4.79 Å². The summed E-state index contributed by atoms with van der Waals surface area (Å²) < 4.78 is 0. The Kier molecular flexibility index (Phi) is 3.20. The molecule has 1 heterocycles. The smallest absolute Gasteiger partial charge is 0.203 e. The first-order valence-electron chi connectivity index (χ1n) is 5.40. The molecule has 2 aromatic rings. The SMILES string of the molecule is CCc1ccccc1C(=O)c1sccc1C. The van der Waals surface area contributed by atoms with Crippen LogP contribution in [0.15, 0.2) is 35.7 Å². The Hall–Kier alpha value is -1.41. The number of carbonyl (C=O) groups excluding carboxylic acids is 1. The van der Waals surface area contributed by atoms with E-state index < -0.39 is 0 Å². The molecule has 0 fully saturated rings. The topological polar surface area (TPSA) is 17.1 Å². The summed E-state index contributed by atoms with van der Waals surface area (Å²) in [6.07, 6.45) is 0.895. The van der Waals surface area contributed by atoms with E-state index in [4.69, 9.17) is 0 Å². The molecule has 1 nitrogen and oxygen atoms in total. The van der Waals surface area contributed by atoms with E-state index in [1.807, 2.05) is 42.6 Å². The van der Waals surface area contributed by atoms with Gasteiger partial charge < -0.3 is 0 Å². The maximum absolute atomic E-state index is 12.3. The molecule has 0 amide bonds. The van der Waals surface area contributed by atoms with Gasteiger partial charge in [0.2, 0.25) is 5.78 Å². The van der Waals surface area contributed by atoms with Gasteiger partial charge in [0.15, 0.2) is 0 Å². The van der Waals surface area contributed by atoms with Crippen molar-refractivity contribution >= 4 is 17.1 Å². The summed E-state index contributed by atoms with van der Waals surface area (Å²) in [5, 5.41) is 1.97. The Bertz CT molecular complexity index is 511. The number of aryl methyl sites for hydroxylation is 2. The molecule has 0 bridgehead atoms. The van der Waals surface area contributed by atoms with Gasteiger partial charge in [0.05, 0.1) is 4.88 Å². The van der Waals surface area contributed by atoms with Gasteiger partial charge in [-0.1, -0.05) is 31.2 Å². The summed E-state index contributed by atoms with van der Waals surface area (Å²) in [6, 6.07) is 9.84. The first-order chi connectivity index (χ1) is 7.74. The molecule has 0 radical (unpaired) electrons. The molecule has 0 N–H and O–H groups in total. The number of thiophene rings is 1. The minimum absolute atomic E-state index is 0.157. The second-order valence-corrected chi connectivity index (χ2v) is 4.69. The van der Waals surface area contributed by atoms with Crippen LogP contribution in [0.2, 0.25) is 0 Å². The van der Waals surface area contributed by atoms with E-state index in [1.165, 1.54) is 11.3 Å². The standard InChI is InChI=1S/C14H14OS/c1-3-11-6-4-5-7-12(11)13(15)14-10(2)8-9-16-14/h4-9H,3H2,1-2H3. The van der Waals surface area contributed by atoms with Crippen LogP contribution in [0, 0.1) is 6.92 Å². The number of ketones is 1. The summed E-state index contributed by atoms with van der Waals surface area (Å²) in [7, 11) is 0. The molecule has 1 aromatic heterocycles. The van der Waals surface area contributed by atoms with Gasteiger partial charge in [0.25, 0.3) is 0 Å². The summed E-state index contributed by atoms with van der Waals surface area (Å²) in [5.74, 6) is 0.157. The lowest BCUT2D eigenvalue weighted by atomic mass is 10.00. The predicted octanol–water partition coefficient (Wildman–Crippen LogP) is 3.85. The Balaban J connectivity index is 2.46. The highest BCUT2D eigenvalue weighted by atomic mass is 32.1. The van der Waals surface area contributed by atoms with Crippen LogP contribution >= 0.6 is 11.3 Å². The van der Waals surface area contributed by atoms with Crippen LogP contribution in [0.5, 0.6) is 0 Å². The lowest BCUT2D eigenvalue weighted by Gasteiger charge is -2.05. The predicted molar refractivity (Wildman–Crippen MR) is 68.3 cm³/mol. The minimum atomic E-state index is 0.157.